The number of allylic oxidation sites excluding steroid dienone is 1. The summed E-state index contributed by atoms with van der Waals surface area (Å²) in [5, 5.41) is 7.34. The molecule has 6 nitrogen and oxygen atoms in total. The van der Waals surface area contributed by atoms with Gasteiger partial charge in [0.25, 0.3) is 0 Å². The van der Waals surface area contributed by atoms with Crippen LogP contribution in [0.4, 0.5) is 11.4 Å². The van der Waals surface area contributed by atoms with Crippen LogP contribution in [-0.4, -0.2) is 26.0 Å². The molecule has 0 radical (unpaired) electrons. The van der Waals surface area contributed by atoms with Gasteiger partial charge in [0.2, 0.25) is 0 Å². The smallest absolute Gasteiger partial charge is 0.316 e. The standard InChI is InChI=1S/C23H23ClN2O4/c1-12-10-17-20(22(27)19(12)23(28)30-3)21(13-8-9-18(29-2)14(24)11-13)26-16-7-5-4-6-15(16)25-17/h4-9,11-12,19,21,25-26H,10H2,1-3H3/t12-,19+,21+/m1/s1. The maximum absolute atomic E-state index is 13.6. The molecule has 0 aromatic heterocycles. The summed E-state index contributed by atoms with van der Waals surface area (Å²) in [6.45, 7) is 1.90. The van der Waals surface area contributed by atoms with E-state index in [0.29, 0.717) is 22.8 Å². The number of carbonyl (C=O) groups excluding carboxylic acids is 2. The minimum absolute atomic E-state index is 0.179. The molecule has 7 heteroatoms. The first-order chi connectivity index (χ1) is 14.4. The van der Waals surface area contributed by atoms with Crippen LogP contribution in [-0.2, 0) is 14.3 Å². The van der Waals surface area contributed by atoms with Crippen LogP contribution in [0.1, 0.15) is 24.9 Å². The number of nitrogens with one attached hydrogen (secondary N) is 2. The van der Waals surface area contributed by atoms with E-state index in [1.54, 1.807) is 19.2 Å². The summed E-state index contributed by atoms with van der Waals surface area (Å²) >= 11 is 6.38. The molecular formula is C23H23ClN2O4. The minimum atomic E-state index is -0.838. The molecule has 1 heterocycles. The molecule has 1 aliphatic heterocycles. The maximum Gasteiger partial charge on any atom is 0.316 e. The van der Waals surface area contributed by atoms with Gasteiger partial charge in [-0.15, -0.1) is 0 Å². The number of rotatable bonds is 3. The highest BCUT2D eigenvalue weighted by Gasteiger charge is 2.44. The molecule has 0 amide bonds. The van der Waals surface area contributed by atoms with Crippen LogP contribution in [0.25, 0.3) is 0 Å². The number of esters is 1. The fraction of sp³-hybridized carbons (Fsp3) is 0.304. The lowest BCUT2D eigenvalue weighted by Crippen LogP contribution is -2.39. The van der Waals surface area contributed by atoms with Gasteiger partial charge < -0.3 is 20.1 Å². The van der Waals surface area contributed by atoms with Crippen LogP contribution in [0.15, 0.2) is 53.7 Å². The summed E-state index contributed by atoms with van der Waals surface area (Å²) in [5.41, 5.74) is 3.88. The molecule has 30 heavy (non-hydrogen) atoms. The van der Waals surface area contributed by atoms with E-state index in [-0.39, 0.29) is 11.7 Å². The van der Waals surface area contributed by atoms with Crippen LogP contribution >= 0.6 is 11.6 Å². The fourth-order valence-corrected chi connectivity index (χ4v) is 4.51. The molecular weight excluding hydrogens is 404 g/mol. The molecule has 3 atom stereocenters. The van der Waals surface area contributed by atoms with Gasteiger partial charge in [-0.1, -0.05) is 36.7 Å². The number of Topliss-reactive ketones (excluding diaryl/α,β-unsaturated/α-hetero) is 1. The van der Waals surface area contributed by atoms with E-state index in [1.807, 2.05) is 37.3 Å². The number of halogens is 1. The summed E-state index contributed by atoms with van der Waals surface area (Å²) in [6, 6.07) is 12.7. The van der Waals surface area contributed by atoms with Crippen molar-refractivity contribution in [2.75, 3.05) is 24.9 Å². The summed E-state index contributed by atoms with van der Waals surface area (Å²) in [6.07, 6.45) is 0.553. The zero-order valence-corrected chi connectivity index (χ0v) is 17.7. The van der Waals surface area contributed by atoms with Crippen LogP contribution in [0.3, 0.4) is 0 Å². The van der Waals surface area contributed by atoms with Gasteiger partial charge in [-0.25, -0.2) is 0 Å². The van der Waals surface area contributed by atoms with E-state index in [2.05, 4.69) is 10.6 Å². The molecule has 156 valence electrons. The third-order valence-electron chi connectivity index (χ3n) is 5.73. The molecule has 0 fully saturated rings. The van der Waals surface area contributed by atoms with Gasteiger partial charge in [0.05, 0.1) is 36.7 Å². The van der Waals surface area contributed by atoms with E-state index < -0.39 is 17.9 Å². The van der Waals surface area contributed by atoms with Crippen molar-refractivity contribution in [2.45, 2.75) is 19.4 Å². The Bertz CT molecular complexity index is 1050. The second-order valence-electron chi connectivity index (χ2n) is 7.58. The lowest BCUT2D eigenvalue weighted by Gasteiger charge is -2.32. The SMILES string of the molecule is COC(=O)[C@@H]1C(=O)C2=C(C[C@H]1C)Nc1ccccc1N[C@H]2c1ccc(OC)c(Cl)c1. The fourth-order valence-electron chi connectivity index (χ4n) is 4.25. The number of anilines is 2. The average Bonchev–Trinajstić information content (AvgIpc) is 2.90. The van der Waals surface area contributed by atoms with E-state index in [4.69, 9.17) is 21.1 Å². The number of ketones is 1. The molecule has 0 bridgehead atoms. The van der Waals surface area contributed by atoms with E-state index in [1.165, 1.54) is 7.11 Å². The third kappa shape index (κ3) is 3.41. The Morgan fingerprint density at radius 2 is 1.87 bits per heavy atom. The lowest BCUT2D eigenvalue weighted by atomic mass is 9.75. The summed E-state index contributed by atoms with van der Waals surface area (Å²) in [4.78, 5) is 26.0. The molecule has 4 rings (SSSR count). The van der Waals surface area contributed by atoms with Crippen LogP contribution in [0, 0.1) is 11.8 Å². The zero-order chi connectivity index (χ0) is 21.4. The second kappa shape index (κ2) is 8.03. The highest BCUT2D eigenvalue weighted by atomic mass is 35.5. The minimum Gasteiger partial charge on any atom is -0.495 e. The number of benzene rings is 2. The largest absolute Gasteiger partial charge is 0.495 e. The zero-order valence-electron chi connectivity index (χ0n) is 17.0. The number of carbonyl (C=O) groups is 2. The molecule has 0 unspecified atom stereocenters. The van der Waals surface area contributed by atoms with Crippen molar-refractivity contribution >= 4 is 34.7 Å². The van der Waals surface area contributed by atoms with Gasteiger partial charge >= 0.3 is 5.97 Å². The molecule has 0 saturated heterocycles. The van der Waals surface area contributed by atoms with Crippen LogP contribution in [0.5, 0.6) is 5.75 Å². The van der Waals surface area contributed by atoms with Gasteiger partial charge in [0, 0.05) is 11.3 Å². The number of hydrogen-bond donors (Lipinski definition) is 2. The Labute approximate surface area is 180 Å². The first kappa shape index (κ1) is 20.3. The van der Waals surface area contributed by atoms with Gasteiger partial charge in [-0.3, -0.25) is 9.59 Å². The quantitative estimate of drug-likeness (QED) is 0.552. The van der Waals surface area contributed by atoms with Gasteiger partial charge in [0.15, 0.2) is 5.78 Å². The first-order valence-electron chi connectivity index (χ1n) is 9.75. The normalized spacial score (nSPS) is 22.8. The van der Waals surface area contributed by atoms with Crippen molar-refractivity contribution in [3.05, 3.63) is 64.3 Å². The predicted molar refractivity (Wildman–Crippen MR) is 116 cm³/mol. The van der Waals surface area contributed by atoms with E-state index >= 15 is 0 Å². The van der Waals surface area contributed by atoms with Crippen molar-refractivity contribution in [1.82, 2.24) is 0 Å². The van der Waals surface area contributed by atoms with E-state index in [9.17, 15) is 9.59 Å². The molecule has 2 N–H and O–H groups in total. The molecule has 0 spiro atoms. The Morgan fingerprint density at radius 3 is 2.53 bits per heavy atom. The first-order valence-corrected chi connectivity index (χ1v) is 10.1. The van der Waals surface area contributed by atoms with Gasteiger partial charge in [-0.2, -0.15) is 0 Å². The topological polar surface area (TPSA) is 76.7 Å². The summed E-state index contributed by atoms with van der Waals surface area (Å²) in [7, 11) is 2.87. The monoisotopic (exact) mass is 426 g/mol. The molecule has 2 aliphatic rings. The number of para-hydroxylation sites is 2. The van der Waals surface area contributed by atoms with Gasteiger partial charge in [-0.05, 0) is 42.2 Å². The Kier molecular flexibility index (Phi) is 5.43. The van der Waals surface area contributed by atoms with Crippen LogP contribution in [0.2, 0.25) is 5.02 Å². The number of fused-ring (bicyclic) bond motifs is 1. The molecule has 2 aromatic rings. The van der Waals surface area contributed by atoms with Crippen molar-refractivity contribution in [3.8, 4) is 5.75 Å². The molecule has 0 saturated carbocycles. The Morgan fingerprint density at radius 1 is 1.13 bits per heavy atom. The second-order valence-corrected chi connectivity index (χ2v) is 7.99. The number of ether oxygens (including phenoxy) is 2. The highest BCUT2D eigenvalue weighted by Crippen LogP contribution is 2.44. The Hall–Kier alpha value is -2.99. The van der Waals surface area contributed by atoms with Crippen LogP contribution < -0.4 is 15.4 Å². The summed E-state index contributed by atoms with van der Waals surface area (Å²) in [5.74, 6) is -1.21. The van der Waals surface area contributed by atoms with Crippen molar-refractivity contribution in [1.29, 1.82) is 0 Å². The van der Waals surface area contributed by atoms with Crippen molar-refractivity contribution < 1.29 is 19.1 Å². The predicted octanol–water partition coefficient (Wildman–Crippen LogP) is 4.58. The number of methoxy groups -OCH3 is 2. The Balaban J connectivity index is 1.87. The maximum atomic E-state index is 13.6. The van der Waals surface area contributed by atoms with Crippen molar-refractivity contribution in [2.24, 2.45) is 11.8 Å². The number of hydrogen-bond acceptors (Lipinski definition) is 6. The summed E-state index contributed by atoms with van der Waals surface area (Å²) < 4.78 is 10.2. The lowest BCUT2D eigenvalue weighted by molar-refractivity contribution is -0.151. The third-order valence-corrected chi connectivity index (χ3v) is 6.03. The molecule has 2 aromatic carbocycles. The average molecular weight is 427 g/mol. The molecule has 1 aliphatic carbocycles. The van der Waals surface area contributed by atoms with Crippen molar-refractivity contribution in [3.63, 3.8) is 0 Å². The van der Waals surface area contributed by atoms with E-state index in [0.717, 1.165) is 22.6 Å². The highest BCUT2D eigenvalue weighted by molar-refractivity contribution is 6.32. The van der Waals surface area contributed by atoms with Gasteiger partial charge in [0.1, 0.15) is 11.7 Å².